The molecule has 2 unspecified atom stereocenters. The summed E-state index contributed by atoms with van der Waals surface area (Å²) in [6.45, 7) is 7.45. The number of rotatable bonds is 6. The van der Waals surface area contributed by atoms with E-state index in [1.54, 1.807) is 6.92 Å². The summed E-state index contributed by atoms with van der Waals surface area (Å²) in [5.74, 6) is 0.763. The first kappa shape index (κ1) is 14.5. The van der Waals surface area contributed by atoms with Crippen molar-refractivity contribution >= 4 is 15.9 Å². The molecule has 0 aliphatic heterocycles. The summed E-state index contributed by atoms with van der Waals surface area (Å²) in [7, 11) is 0. The first-order valence-electron chi connectivity index (χ1n) is 5.88. The maximum Gasteiger partial charge on any atom is 0.134 e. The van der Waals surface area contributed by atoms with E-state index in [1.807, 2.05) is 25.1 Å². The number of aliphatic hydroxyl groups is 1. The fourth-order valence-electron chi connectivity index (χ4n) is 1.32. The Morgan fingerprint density at radius 1 is 1.41 bits per heavy atom. The van der Waals surface area contributed by atoms with Crippen molar-refractivity contribution < 1.29 is 9.84 Å². The molecule has 1 aromatic rings. The third-order valence-electron chi connectivity index (χ3n) is 2.57. The molecule has 0 bridgehead atoms. The van der Waals surface area contributed by atoms with E-state index in [0.29, 0.717) is 0 Å². The van der Waals surface area contributed by atoms with Crippen molar-refractivity contribution in [3.8, 4) is 5.75 Å². The van der Waals surface area contributed by atoms with Crippen molar-refractivity contribution in [2.24, 2.45) is 0 Å². The topological polar surface area (TPSA) is 41.5 Å². The van der Waals surface area contributed by atoms with Crippen LogP contribution in [0.25, 0.3) is 0 Å². The molecule has 2 atom stereocenters. The summed E-state index contributed by atoms with van der Waals surface area (Å²) in [6, 6.07) is 5.99. The van der Waals surface area contributed by atoms with Gasteiger partial charge in [-0.05, 0) is 54.0 Å². The predicted molar refractivity (Wildman–Crippen MR) is 73.3 cm³/mol. The van der Waals surface area contributed by atoms with Crippen LogP contribution in [0.4, 0.5) is 0 Å². The summed E-state index contributed by atoms with van der Waals surface area (Å²) < 4.78 is 6.57. The van der Waals surface area contributed by atoms with Crippen molar-refractivity contribution in [1.29, 1.82) is 0 Å². The van der Waals surface area contributed by atoms with Gasteiger partial charge in [0.15, 0.2) is 0 Å². The lowest BCUT2D eigenvalue weighted by molar-refractivity contribution is 0.0599. The molecule has 0 radical (unpaired) electrons. The first-order chi connectivity index (χ1) is 8.04. The van der Waals surface area contributed by atoms with Gasteiger partial charge in [0.05, 0.1) is 10.6 Å². The van der Waals surface area contributed by atoms with E-state index in [0.717, 1.165) is 23.3 Å². The molecule has 1 rings (SSSR count). The minimum Gasteiger partial charge on any atom is -0.487 e. The molecule has 0 heterocycles. The standard InChI is InChI=1S/C13H20BrNO2/c1-4-15-8-11-5-6-13(12(14)7-11)17-10(3)9(2)16/h5-7,9-10,15-16H,4,8H2,1-3H3. The summed E-state index contributed by atoms with van der Waals surface area (Å²) in [6.07, 6.45) is -0.700. The molecule has 3 nitrogen and oxygen atoms in total. The normalized spacial score (nSPS) is 14.4. The van der Waals surface area contributed by atoms with Gasteiger partial charge in [-0.1, -0.05) is 13.0 Å². The van der Waals surface area contributed by atoms with Gasteiger partial charge in [0.25, 0.3) is 0 Å². The van der Waals surface area contributed by atoms with Crippen LogP contribution < -0.4 is 10.1 Å². The zero-order valence-electron chi connectivity index (χ0n) is 10.5. The molecule has 0 aliphatic rings. The SMILES string of the molecule is CCNCc1ccc(OC(C)C(C)O)c(Br)c1. The van der Waals surface area contributed by atoms with Crippen LogP contribution in [-0.2, 0) is 6.54 Å². The van der Waals surface area contributed by atoms with Crippen LogP contribution in [0.1, 0.15) is 26.3 Å². The number of halogens is 1. The third kappa shape index (κ3) is 4.66. The number of hydrogen-bond acceptors (Lipinski definition) is 3. The lowest BCUT2D eigenvalue weighted by Crippen LogP contribution is -2.25. The largest absolute Gasteiger partial charge is 0.487 e. The van der Waals surface area contributed by atoms with Gasteiger partial charge in [-0.15, -0.1) is 0 Å². The molecule has 0 amide bonds. The quantitative estimate of drug-likeness (QED) is 0.849. The molecular weight excluding hydrogens is 282 g/mol. The Morgan fingerprint density at radius 2 is 2.12 bits per heavy atom. The van der Waals surface area contributed by atoms with Crippen LogP contribution in [-0.4, -0.2) is 23.9 Å². The van der Waals surface area contributed by atoms with Crippen molar-refractivity contribution in [3.05, 3.63) is 28.2 Å². The Kier molecular flexibility index (Phi) is 5.95. The molecule has 96 valence electrons. The average molecular weight is 302 g/mol. The minimum atomic E-state index is -0.483. The highest BCUT2D eigenvalue weighted by Crippen LogP contribution is 2.27. The van der Waals surface area contributed by atoms with E-state index < -0.39 is 6.10 Å². The smallest absolute Gasteiger partial charge is 0.134 e. The predicted octanol–water partition coefficient (Wildman–Crippen LogP) is 2.71. The molecule has 2 N–H and O–H groups in total. The van der Waals surface area contributed by atoms with Crippen molar-refractivity contribution in [2.75, 3.05) is 6.54 Å². The minimum absolute atomic E-state index is 0.217. The molecule has 1 aromatic carbocycles. The first-order valence-corrected chi connectivity index (χ1v) is 6.67. The van der Waals surface area contributed by atoms with Crippen LogP contribution in [0.15, 0.2) is 22.7 Å². The van der Waals surface area contributed by atoms with Crippen LogP contribution in [0, 0.1) is 0 Å². The van der Waals surface area contributed by atoms with Crippen molar-refractivity contribution in [3.63, 3.8) is 0 Å². The van der Waals surface area contributed by atoms with E-state index >= 15 is 0 Å². The fourth-order valence-corrected chi connectivity index (χ4v) is 1.84. The van der Waals surface area contributed by atoms with Gasteiger partial charge in [0.2, 0.25) is 0 Å². The highest BCUT2D eigenvalue weighted by Gasteiger charge is 2.12. The second kappa shape index (κ2) is 6.99. The maximum atomic E-state index is 9.39. The number of nitrogens with one attached hydrogen (secondary N) is 1. The van der Waals surface area contributed by atoms with Gasteiger partial charge in [-0.25, -0.2) is 0 Å². The van der Waals surface area contributed by atoms with E-state index in [9.17, 15) is 5.11 Å². The molecule has 0 saturated carbocycles. The second-order valence-corrected chi connectivity index (χ2v) is 4.96. The summed E-state index contributed by atoms with van der Waals surface area (Å²) >= 11 is 3.48. The van der Waals surface area contributed by atoms with Gasteiger partial charge >= 0.3 is 0 Å². The molecule has 0 aliphatic carbocycles. The second-order valence-electron chi connectivity index (χ2n) is 4.11. The monoisotopic (exact) mass is 301 g/mol. The lowest BCUT2D eigenvalue weighted by Gasteiger charge is -2.18. The van der Waals surface area contributed by atoms with Crippen molar-refractivity contribution in [1.82, 2.24) is 5.32 Å². The Bertz CT molecular complexity index is 355. The van der Waals surface area contributed by atoms with E-state index in [-0.39, 0.29) is 6.10 Å². The Labute approximate surface area is 111 Å². The Morgan fingerprint density at radius 3 is 2.65 bits per heavy atom. The highest BCUT2D eigenvalue weighted by atomic mass is 79.9. The number of benzene rings is 1. The van der Waals surface area contributed by atoms with Crippen LogP contribution in [0.2, 0.25) is 0 Å². The van der Waals surface area contributed by atoms with Crippen LogP contribution in [0.5, 0.6) is 5.75 Å². The fraction of sp³-hybridized carbons (Fsp3) is 0.538. The summed E-state index contributed by atoms with van der Waals surface area (Å²) in [5, 5.41) is 12.7. The molecule has 0 spiro atoms. The Hall–Kier alpha value is -0.580. The van der Waals surface area contributed by atoms with Gasteiger partial charge < -0.3 is 15.2 Å². The highest BCUT2D eigenvalue weighted by molar-refractivity contribution is 9.10. The van der Waals surface area contributed by atoms with Crippen molar-refractivity contribution in [2.45, 2.75) is 39.5 Å². The molecule has 0 aromatic heterocycles. The number of aliphatic hydroxyl groups excluding tert-OH is 1. The maximum absolute atomic E-state index is 9.39. The zero-order valence-corrected chi connectivity index (χ0v) is 12.1. The molecule has 0 fully saturated rings. The molecule has 0 saturated heterocycles. The van der Waals surface area contributed by atoms with E-state index in [4.69, 9.17) is 4.74 Å². The van der Waals surface area contributed by atoms with E-state index in [1.165, 1.54) is 5.56 Å². The van der Waals surface area contributed by atoms with Crippen LogP contribution >= 0.6 is 15.9 Å². The zero-order chi connectivity index (χ0) is 12.8. The van der Waals surface area contributed by atoms with Gasteiger partial charge in [-0.2, -0.15) is 0 Å². The Balaban J connectivity index is 2.69. The van der Waals surface area contributed by atoms with E-state index in [2.05, 4.69) is 28.2 Å². The van der Waals surface area contributed by atoms with Gasteiger partial charge in [-0.3, -0.25) is 0 Å². The lowest BCUT2D eigenvalue weighted by atomic mass is 10.2. The van der Waals surface area contributed by atoms with Gasteiger partial charge in [0, 0.05) is 6.54 Å². The molecule has 17 heavy (non-hydrogen) atoms. The average Bonchev–Trinajstić information content (AvgIpc) is 2.29. The van der Waals surface area contributed by atoms with Gasteiger partial charge in [0.1, 0.15) is 11.9 Å². The summed E-state index contributed by atoms with van der Waals surface area (Å²) in [4.78, 5) is 0. The third-order valence-corrected chi connectivity index (χ3v) is 3.19. The number of hydrogen-bond donors (Lipinski definition) is 2. The number of ether oxygens (including phenoxy) is 1. The molecular formula is C13H20BrNO2. The summed E-state index contributed by atoms with van der Waals surface area (Å²) in [5.41, 5.74) is 1.20. The van der Waals surface area contributed by atoms with Crippen LogP contribution in [0.3, 0.4) is 0 Å². The molecule has 4 heteroatoms.